The fraction of sp³-hybridized carbons (Fsp3) is 0.280. The van der Waals surface area contributed by atoms with E-state index < -0.39 is 10.0 Å². The first kappa shape index (κ1) is 22.0. The van der Waals surface area contributed by atoms with Gasteiger partial charge in [0.2, 0.25) is 10.0 Å². The minimum atomic E-state index is -3.50. The summed E-state index contributed by atoms with van der Waals surface area (Å²) in [5.41, 5.74) is 3.49. The molecule has 0 atom stereocenters. The highest BCUT2D eigenvalue weighted by atomic mass is 35.5. The van der Waals surface area contributed by atoms with E-state index in [4.69, 9.17) is 11.6 Å². The van der Waals surface area contributed by atoms with Crippen LogP contribution in [0.4, 0.5) is 0 Å². The topological polar surface area (TPSA) is 40.6 Å². The van der Waals surface area contributed by atoms with E-state index in [1.165, 1.54) is 11.1 Å². The Morgan fingerprint density at radius 2 is 1.26 bits per heavy atom. The van der Waals surface area contributed by atoms with Gasteiger partial charge in [-0.15, -0.1) is 11.6 Å². The average molecular weight is 455 g/mol. The predicted octanol–water partition coefficient (Wildman–Crippen LogP) is 4.56. The van der Waals surface area contributed by atoms with Gasteiger partial charge in [-0.3, -0.25) is 4.90 Å². The largest absolute Gasteiger partial charge is 0.290 e. The normalized spacial score (nSPS) is 15.9. The van der Waals surface area contributed by atoms with Gasteiger partial charge in [0.25, 0.3) is 0 Å². The van der Waals surface area contributed by atoms with Gasteiger partial charge >= 0.3 is 0 Å². The summed E-state index contributed by atoms with van der Waals surface area (Å²) in [6.07, 6.45) is 0.737. The first-order chi connectivity index (χ1) is 15.1. The molecule has 162 valence electrons. The van der Waals surface area contributed by atoms with Gasteiger partial charge in [-0.25, -0.2) is 8.42 Å². The van der Waals surface area contributed by atoms with Gasteiger partial charge in [-0.2, -0.15) is 4.31 Å². The maximum Gasteiger partial charge on any atom is 0.243 e. The second kappa shape index (κ2) is 9.96. The van der Waals surface area contributed by atoms with Crippen LogP contribution in [0.5, 0.6) is 0 Å². The molecule has 0 saturated carbocycles. The second-order valence-electron chi connectivity index (χ2n) is 7.75. The molecule has 1 aliphatic rings. The Morgan fingerprint density at radius 1 is 0.742 bits per heavy atom. The Labute approximate surface area is 190 Å². The third-order valence-electron chi connectivity index (χ3n) is 5.81. The van der Waals surface area contributed by atoms with Crippen molar-refractivity contribution in [1.82, 2.24) is 9.21 Å². The lowest BCUT2D eigenvalue weighted by Crippen LogP contribution is -2.49. The fourth-order valence-electron chi connectivity index (χ4n) is 4.17. The number of hydrogen-bond acceptors (Lipinski definition) is 3. The Bertz CT molecular complexity index is 1030. The lowest BCUT2D eigenvalue weighted by Gasteiger charge is -2.39. The van der Waals surface area contributed by atoms with Crippen LogP contribution >= 0.6 is 11.6 Å². The third kappa shape index (κ3) is 5.01. The highest BCUT2D eigenvalue weighted by molar-refractivity contribution is 7.89. The van der Waals surface area contributed by atoms with E-state index in [1.54, 1.807) is 16.4 Å². The van der Waals surface area contributed by atoms with E-state index in [2.05, 4.69) is 53.4 Å². The van der Waals surface area contributed by atoms with E-state index in [9.17, 15) is 8.42 Å². The number of rotatable bonds is 7. The van der Waals surface area contributed by atoms with Crippen molar-refractivity contribution in [2.24, 2.45) is 0 Å². The number of hydrogen-bond donors (Lipinski definition) is 0. The van der Waals surface area contributed by atoms with Crippen LogP contribution in [0.1, 0.15) is 22.7 Å². The van der Waals surface area contributed by atoms with Gasteiger partial charge in [0.15, 0.2) is 0 Å². The van der Waals surface area contributed by atoms with Gasteiger partial charge in [0, 0.05) is 32.1 Å². The number of aryl methyl sites for hydroxylation is 1. The zero-order valence-electron chi connectivity index (χ0n) is 17.4. The number of halogens is 1. The molecule has 3 aromatic carbocycles. The quantitative estimate of drug-likeness (QED) is 0.491. The molecule has 6 heteroatoms. The van der Waals surface area contributed by atoms with Crippen LogP contribution in [0.3, 0.4) is 0 Å². The summed E-state index contributed by atoms with van der Waals surface area (Å²) in [5, 5.41) is 0. The molecule has 3 aromatic rings. The van der Waals surface area contributed by atoms with Crippen molar-refractivity contribution in [2.45, 2.75) is 17.4 Å². The van der Waals surface area contributed by atoms with Crippen molar-refractivity contribution >= 4 is 21.6 Å². The molecule has 31 heavy (non-hydrogen) atoms. The van der Waals surface area contributed by atoms with Crippen molar-refractivity contribution in [3.8, 4) is 0 Å². The van der Waals surface area contributed by atoms with Crippen LogP contribution in [0.25, 0.3) is 0 Å². The predicted molar refractivity (Wildman–Crippen MR) is 126 cm³/mol. The monoisotopic (exact) mass is 454 g/mol. The number of sulfonamides is 1. The molecule has 1 fully saturated rings. The first-order valence-corrected chi connectivity index (χ1v) is 12.6. The molecule has 1 aliphatic heterocycles. The molecule has 0 bridgehead atoms. The lowest BCUT2D eigenvalue weighted by molar-refractivity contribution is 0.156. The maximum absolute atomic E-state index is 13.2. The Hall–Kier alpha value is -2.18. The molecule has 0 aromatic heterocycles. The number of nitrogens with zero attached hydrogens (tertiary/aromatic N) is 2. The Balaban J connectivity index is 1.51. The fourth-order valence-corrected chi connectivity index (χ4v) is 5.81. The molecule has 0 spiro atoms. The third-order valence-corrected chi connectivity index (χ3v) is 7.92. The zero-order chi connectivity index (χ0) is 21.7. The molecule has 4 rings (SSSR count). The minimum Gasteiger partial charge on any atom is -0.290 e. The van der Waals surface area contributed by atoms with Crippen molar-refractivity contribution < 1.29 is 8.42 Å². The molecule has 1 heterocycles. The highest BCUT2D eigenvalue weighted by Gasteiger charge is 2.32. The van der Waals surface area contributed by atoms with Gasteiger partial charge in [-0.05, 0) is 35.2 Å². The lowest BCUT2D eigenvalue weighted by atomic mass is 9.96. The summed E-state index contributed by atoms with van der Waals surface area (Å²) in [5.74, 6) is 0.526. The second-order valence-corrected chi connectivity index (χ2v) is 10.1. The standard InChI is InChI=1S/C25H27ClN2O2S/c26-16-15-21-11-13-24(14-12-21)31(29,30)28-19-17-27(18-20-28)25(22-7-3-1-4-8-22)23-9-5-2-6-10-23/h1-14,25H,15-20H2. The summed E-state index contributed by atoms with van der Waals surface area (Å²) in [6, 6.07) is 28.0. The molecule has 1 saturated heterocycles. The van der Waals surface area contributed by atoms with Gasteiger partial charge in [0.05, 0.1) is 10.9 Å². The Morgan fingerprint density at radius 3 is 1.74 bits per heavy atom. The molecule has 0 unspecified atom stereocenters. The van der Waals surface area contributed by atoms with E-state index in [0.29, 0.717) is 37.0 Å². The summed E-state index contributed by atoms with van der Waals surface area (Å²) in [6.45, 7) is 2.31. The van der Waals surface area contributed by atoms with Gasteiger partial charge in [-0.1, -0.05) is 72.8 Å². The maximum atomic E-state index is 13.2. The molecule has 4 nitrogen and oxygen atoms in total. The number of alkyl halides is 1. The summed E-state index contributed by atoms with van der Waals surface area (Å²) in [4.78, 5) is 2.72. The highest BCUT2D eigenvalue weighted by Crippen LogP contribution is 2.30. The summed E-state index contributed by atoms with van der Waals surface area (Å²) in [7, 11) is -3.50. The van der Waals surface area contributed by atoms with Gasteiger partial charge < -0.3 is 0 Å². The summed E-state index contributed by atoms with van der Waals surface area (Å²) >= 11 is 5.78. The van der Waals surface area contributed by atoms with Gasteiger partial charge in [0.1, 0.15) is 0 Å². The zero-order valence-corrected chi connectivity index (χ0v) is 19.0. The smallest absolute Gasteiger partial charge is 0.243 e. The molecular formula is C25H27ClN2O2S. The van der Waals surface area contributed by atoms with Crippen LogP contribution in [0.15, 0.2) is 89.8 Å². The SMILES string of the molecule is O=S(=O)(c1ccc(CCCl)cc1)N1CCN(C(c2ccccc2)c2ccccc2)CC1. The minimum absolute atomic E-state index is 0.113. The molecule has 0 N–H and O–H groups in total. The van der Waals surface area contributed by atoms with Crippen LogP contribution in [-0.4, -0.2) is 49.7 Å². The molecule has 0 amide bonds. The Kier molecular flexibility index (Phi) is 7.08. The molecular weight excluding hydrogens is 428 g/mol. The van der Waals surface area contributed by atoms with Crippen molar-refractivity contribution in [3.05, 3.63) is 102 Å². The number of benzene rings is 3. The van der Waals surface area contributed by atoms with E-state index in [1.807, 2.05) is 24.3 Å². The van der Waals surface area contributed by atoms with Crippen LogP contribution in [-0.2, 0) is 16.4 Å². The molecule has 0 aliphatic carbocycles. The first-order valence-electron chi connectivity index (χ1n) is 10.6. The molecule has 0 radical (unpaired) electrons. The van der Waals surface area contributed by atoms with Crippen LogP contribution in [0, 0.1) is 0 Å². The van der Waals surface area contributed by atoms with Crippen LogP contribution < -0.4 is 0 Å². The van der Waals surface area contributed by atoms with E-state index in [-0.39, 0.29) is 6.04 Å². The van der Waals surface area contributed by atoms with Crippen molar-refractivity contribution in [1.29, 1.82) is 0 Å². The average Bonchev–Trinajstić information content (AvgIpc) is 2.82. The van der Waals surface area contributed by atoms with Crippen molar-refractivity contribution in [2.75, 3.05) is 32.1 Å². The summed E-state index contributed by atoms with van der Waals surface area (Å²) < 4.78 is 27.9. The number of piperazine rings is 1. The van der Waals surface area contributed by atoms with E-state index in [0.717, 1.165) is 12.0 Å². The van der Waals surface area contributed by atoms with Crippen molar-refractivity contribution in [3.63, 3.8) is 0 Å². The van der Waals surface area contributed by atoms with Crippen LogP contribution in [0.2, 0.25) is 0 Å². The van der Waals surface area contributed by atoms with E-state index >= 15 is 0 Å².